The van der Waals surface area contributed by atoms with Gasteiger partial charge in [-0.2, -0.15) is 0 Å². The van der Waals surface area contributed by atoms with Crippen LogP contribution >= 0.6 is 23.2 Å². The van der Waals surface area contributed by atoms with E-state index in [0.717, 1.165) is 29.5 Å². The Labute approximate surface area is 166 Å². The van der Waals surface area contributed by atoms with Crippen molar-refractivity contribution in [2.24, 2.45) is 5.92 Å². The maximum atomic E-state index is 6.09. The van der Waals surface area contributed by atoms with Crippen molar-refractivity contribution in [3.63, 3.8) is 0 Å². The maximum absolute atomic E-state index is 6.09. The van der Waals surface area contributed by atoms with Crippen LogP contribution in [-0.2, 0) is 6.54 Å². The van der Waals surface area contributed by atoms with Crippen LogP contribution in [0, 0.1) is 5.92 Å². The second-order valence-corrected chi connectivity index (χ2v) is 8.39. The predicted molar refractivity (Wildman–Crippen MR) is 110 cm³/mol. The summed E-state index contributed by atoms with van der Waals surface area (Å²) in [4.78, 5) is 2.59. The Morgan fingerprint density at radius 1 is 1.12 bits per heavy atom. The number of nitrogens with one attached hydrogen (secondary N) is 1. The third-order valence-corrected chi connectivity index (χ3v) is 5.78. The topological polar surface area (TPSA) is 28.4 Å². The van der Waals surface area contributed by atoms with Crippen molar-refractivity contribution in [2.75, 3.05) is 19.6 Å². The fraction of sp³-hybridized carbons (Fsp3) is 0.524. The van der Waals surface area contributed by atoms with Gasteiger partial charge >= 0.3 is 0 Å². The van der Waals surface area contributed by atoms with Gasteiger partial charge in [0.05, 0.1) is 16.6 Å². The van der Waals surface area contributed by atoms with Crippen LogP contribution in [0.1, 0.15) is 38.9 Å². The molecule has 0 atom stereocenters. The van der Waals surface area contributed by atoms with Crippen molar-refractivity contribution in [3.8, 4) is 11.3 Å². The summed E-state index contributed by atoms with van der Waals surface area (Å²) in [6, 6.07) is 10.2. The summed E-state index contributed by atoms with van der Waals surface area (Å²) in [6.45, 7) is 8.97. The van der Waals surface area contributed by atoms with Crippen LogP contribution in [0.15, 0.2) is 34.7 Å². The number of benzene rings is 1. The highest BCUT2D eigenvalue weighted by Gasteiger charge is 2.19. The van der Waals surface area contributed by atoms with Crippen LogP contribution in [0.5, 0.6) is 0 Å². The maximum Gasteiger partial charge on any atom is 0.134 e. The Kier molecular flexibility index (Phi) is 7.05. The average molecular weight is 395 g/mol. The summed E-state index contributed by atoms with van der Waals surface area (Å²) < 4.78 is 5.97. The third-order valence-electron chi connectivity index (χ3n) is 5.04. The molecular weight excluding hydrogens is 367 g/mol. The molecule has 1 aliphatic rings. The van der Waals surface area contributed by atoms with Crippen molar-refractivity contribution >= 4 is 23.2 Å². The SMILES string of the molecule is CC(C)CCN1CCC(NCc2ccc(-c3ccc(Cl)c(Cl)c3)o2)CC1. The number of piperidine rings is 1. The molecule has 5 heteroatoms. The van der Waals surface area contributed by atoms with E-state index in [9.17, 15) is 0 Å². The van der Waals surface area contributed by atoms with Gasteiger partial charge in [-0.3, -0.25) is 0 Å². The number of hydrogen-bond acceptors (Lipinski definition) is 3. The standard InChI is InChI=1S/C21H28Cl2N2O/c1-15(2)7-10-25-11-8-17(9-12-25)24-14-18-4-6-21(26-18)16-3-5-19(22)20(23)13-16/h3-6,13,15,17,24H,7-12,14H2,1-2H3. The normalized spacial score (nSPS) is 16.5. The Morgan fingerprint density at radius 2 is 1.88 bits per heavy atom. The van der Waals surface area contributed by atoms with Crippen molar-refractivity contribution in [2.45, 2.75) is 45.7 Å². The first-order valence-electron chi connectivity index (χ1n) is 9.51. The van der Waals surface area contributed by atoms with Crippen molar-refractivity contribution in [1.82, 2.24) is 10.2 Å². The molecule has 1 N–H and O–H groups in total. The highest BCUT2D eigenvalue weighted by Crippen LogP contribution is 2.29. The van der Waals surface area contributed by atoms with Gasteiger partial charge in [0.1, 0.15) is 11.5 Å². The second-order valence-electron chi connectivity index (χ2n) is 7.57. The minimum absolute atomic E-state index is 0.546. The molecule has 142 valence electrons. The quantitative estimate of drug-likeness (QED) is 0.637. The van der Waals surface area contributed by atoms with E-state index in [1.807, 2.05) is 24.3 Å². The number of rotatable bonds is 7. The largest absolute Gasteiger partial charge is 0.460 e. The van der Waals surface area contributed by atoms with E-state index in [4.69, 9.17) is 27.6 Å². The van der Waals surface area contributed by atoms with Crippen molar-refractivity contribution < 1.29 is 4.42 Å². The minimum atomic E-state index is 0.546. The highest BCUT2D eigenvalue weighted by atomic mass is 35.5. The molecule has 2 heterocycles. The van der Waals surface area contributed by atoms with Crippen LogP contribution in [0.4, 0.5) is 0 Å². The first-order valence-corrected chi connectivity index (χ1v) is 10.3. The van der Waals surface area contributed by atoms with Gasteiger partial charge in [0.2, 0.25) is 0 Å². The Bertz CT molecular complexity index is 706. The first-order chi connectivity index (χ1) is 12.5. The fourth-order valence-electron chi connectivity index (χ4n) is 3.32. The molecule has 0 amide bonds. The molecule has 0 saturated carbocycles. The lowest BCUT2D eigenvalue weighted by Gasteiger charge is -2.32. The van der Waals surface area contributed by atoms with Crippen LogP contribution in [0.2, 0.25) is 10.0 Å². The van der Waals surface area contributed by atoms with E-state index in [2.05, 4.69) is 24.1 Å². The van der Waals surface area contributed by atoms with E-state index in [0.29, 0.717) is 16.1 Å². The molecule has 26 heavy (non-hydrogen) atoms. The molecule has 0 unspecified atom stereocenters. The van der Waals surface area contributed by atoms with E-state index >= 15 is 0 Å². The van der Waals surface area contributed by atoms with Crippen LogP contribution in [0.3, 0.4) is 0 Å². The summed E-state index contributed by atoms with van der Waals surface area (Å²) in [5.74, 6) is 2.56. The molecule has 0 spiro atoms. The average Bonchev–Trinajstić information content (AvgIpc) is 3.10. The molecule has 0 bridgehead atoms. The van der Waals surface area contributed by atoms with Gasteiger partial charge in [0.25, 0.3) is 0 Å². The molecule has 1 saturated heterocycles. The Morgan fingerprint density at radius 3 is 2.58 bits per heavy atom. The molecule has 3 nitrogen and oxygen atoms in total. The van der Waals surface area contributed by atoms with Gasteiger partial charge in [0.15, 0.2) is 0 Å². The second kappa shape index (κ2) is 9.27. The summed E-state index contributed by atoms with van der Waals surface area (Å²) in [5.41, 5.74) is 0.948. The Hall–Kier alpha value is -1.00. The monoisotopic (exact) mass is 394 g/mol. The predicted octanol–water partition coefficient (Wildman–Crippen LogP) is 5.85. The molecule has 0 aliphatic carbocycles. The summed E-state index contributed by atoms with van der Waals surface area (Å²) in [5, 5.41) is 4.75. The summed E-state index contributed by atoms with van der Waals surface area (Å²) in [7, 11) is 0. The molecule has 1 aromatic heterocycles. The Balaban J connectivity index is 1.46. The van der Waals surface area contributed by atoms with Crippen LogP contribution in [0.25, 0.3) is 11.3 Å². The lowest BCUT2D eigenvalue weighted by Crippen LogP contribution is -2.42. The molecule has 0 radical (unpaired) electrons. The van der Waals surface area contributed by atoms with Gasteiger partial charge < -0.3 is 14.6 Å². The van der Waals surface area contributed by atoms with E-state index < -0.39 is 0 Å². The zero-order valence-electron chi connectivity index (χ0n) is 15.6. The summed E-state index contributed by atoms with van der Waals surface area (Å²) >= 11 is 12.1. The number of likely N-dealkylation sites (tertiary alicyclic amines) is 1. The van der Waals surface area contributed by atoms with Gasteiger partial charge in [-0.15, -0.1) is 0 Å². The highest BCUT2D eigenvalue weighted by molar-refractivity contribution is 6.42. The fourth-order valence-corrected chi connectivity index (χ4v) is 3.62. The van der Waals surface area contributed by atoms with Gasteiger partial charge in [-0.05, 0) is 75.1 Å². The van der Waals surface area contributed by atoms with E-state index in [-0.39, 0.29) is 0 Å². The van der Waals surface area contributed by atoms with Gasteiger partial charge in [0, 0.05) is 11.6 Å². The molecule has 2 aromatic rings. The molecule has 3 rings (SSSR count). The third kappa shape index (κ3) is 5.50. The molecule has 1 aromatic carbocycles. The number of hydrogen-bond donors (Lipinski definition) is 1. The lowest BCUT2D eigenvalue weighted by atomic mass is 10.0. The van der Waals surface area contributed by atoms with Gasteiger partial charge in [-0.25, -0.2) is 0 Å². The van der Waals surface area contributed by atoms with Crippen LogP contribution < -0.4 is 5.32 Å². The zero-order valence-corrected chi connectivity index (χ0v) is 17.1. The van der Waals surface area contributed by atoms with Crippen LogP contribution in [-0.4, -0.2) is 30.6 Å². The van der Waals surface area contributed by atoms with E-state index in [1.165, 1.54) is 38.9 Å². The van der Waals surface area contributed by atoms with Crippen molar-refractivity contribution in [3.05, 3.63) is 46.1 Å². The first kappa shape index (κ1) is 19.8. The summed E-state index contributed by atoms with van der Waals surface area (Å²) in [6.07, 6.45) is 3.71. The lowest BCUT2D eigenvalue weighted by molar-refractivity contribution is 0.187. The molecule has 1 fully saturated rings. The number of halogens is 2. The zero-order chi connectivity index (χ0) is 18.5. The van der Waals surface area contributed by atoms with E-state index in [1.54, 1.807) is 6.07 Å². The molecule has 1 aliphatic heterocycles. The number of nitrogens with zero attached hydrogens (tertiary/aromatic N) is 1. The molecular formula is C21H28Cl2N2O. The number of furan rings is 1. The van der Waals surface area contributed by atoms with Crippen molar-refractivity contribution in [1.29, 1.82) is 0 Å². The van der Waals surface area contributed by atoms with Gasteiger partial charge in [-0.1, -0.05) is 37.0 Å². The smallest absolute Gasteiger partial charge is 0.134 e. The minimum Gasteiger partial charge on any atom is -0.460 e.